The van der Waals surface area contributed by atoms with Crippen molar-refractivity contribution in [1.82, 2.24) is 4.72 Å². The Morgan fingerprint density at radius 3 is 2.64 bits per heavy atom. The molecule has 0 aliphatic rings. The molecule has 14 heavy (non-hydrogen) atoms. The topological polar surface area (TPSA) is 96.3 Å². The molecular formula is C7H12N2O4S. The average molecular weight is 220 g/mol. The number of rotatable bonds is 5. The number of esters is 1. The fourth-order valence-electron chi connectivity index (χ4n) is 0.695. The van der Waals surface area contributed by atoms with E-state index in [-0.39, 0.29) is 6.61 Å². The summed E-state index contributed by atoms with van der Waals surface area (Å²) in [6.07, 6.45) is 0. The van der Waals surface area contributed by atoms with Crippen molar-refractivity contribution in [2.45, 2.75) is 19.9 Å². The van der Waals surface area contributed by atoms with Crippen LogP contribution >= 0.6 is 0 Å². The van der Waals surface area contributed by atoms with E-state index in [9.17, 15) is 13.2 Å². The van der Waals surface area contributed by atoms with Crippen LogP contribution in [0.1, 0.15) is 13.8 Å². The zero-order valence-corrected chi connectivity index (χ0v) is 8.80. The highest BCUT2D eigenvalue weighted by molar-refractivity contribution is 7.90. The Morgan fingerprint density at radius 2 is 2.21 bits per heavy atom. The Bertz CT molecular complexity index is 330. The summed E-state index contributed by atoms with van der Waals surface area (Å²) in [6, 6.07) is 0.831. The molecule has 0 aromatic rings. The first-order valence-corrected chi connectivity index (χ1v) is 5.61. The van der Waals surface area contributed by atoms with Gasteiger partial charge in [0.15, 0.2) is 5.75 Å². The van der Waals surface area contributed by atoms with Gasteiger partial charge in [-0.2, -0.15) is 9.98 Å². The van der Waals surface area contributed by atoms with E-state index in [2.05, 4.69) is 4.74 Å². The smallest absolute Gasteiger partial charge is 0.322 e. The van der Waals surface area contributed by atoms with Crippen molar-refractivity contribution in [3.05, 3.63) is 0 Å². The van der Waals surface area contributed by atoms with Crippen LogP contribution in [-0.2, 0) is 19.6 Å². The predicted molar refractivity (Wildman–Crippen MR) is 48.6 cm³/mol. The van der Waals surface area contributed by atoms with Gasteiger partial charge in [-0.05, 0) is 13.8 Å². The molecule has 1 N–H and O–H groups in total. The highest BCUT2D eigenvalue weighted by atomic mass is 32.2. The van der Waals surface area contributed by atoms with Gasteiger partial charge in [0.05, 0.1) is 12.7 Å². The molecule has 6 nitrogen and oxygen atoms in total. The summed E-state index contributed by atoms with van der Waals surface area (Å²) >= 11 is 0. The molecular weight excluding hydrogens is 208 g/mol. The summed E-state index contributed by atoms with van der Waals surface area (Å²) in [5.41, 5.74) is 0. The predicted octanol–water partition coefficient (Wildman–Crippen LogP) is -0.619. The Hall–Kier alpha value is -1.13. The number of nitrogens with zero attached hydrogens (tertiary/aromatic N) is 1. The van der Waals surface area contributed by atoms with Gasteiger partial charge in [-0.1, -0.05) is 0 Å². The van der Waals surface area contributed by atoms with Gasteiger partial charge < -0.3 is 4.74 Å². The van der Waals surface area contributed by atoms with Crippen molar-refractivity contribution >= 4 is 16.0 Å². The van der Waals surface area contributed by atoms with Crippen molar-refractivity contribution in [3.8, 4) is 6.07 Å². The molecule has 0 aliphatic heterocycles. The molecule has 0 aromatic carbocycles. The molecule has 0 fully saturated rings. The summed E-state index contributed by atoms with van der Waals surface area (Å²) in [5, 5.41) is 8.34. The molecule has 0 saturated heterocycles. The van der Waals surface area contributed by atoms with Gasteiger partial charge in [0.1, 0.15) is 6.04 Å². The number of nitrogens with one attached hydrogen (secondary N) is 1. The summed E-state index contributed by atoms with van der Waals surface area (Å²) in [6.45, 7) is 3.08. The van der Waals surface area contributed by atoms with Crippen LogP contribution in [0, 0.1) is 11.3 Å². The Balaban J connectivity index is 4.23. The second-order valence-electron chi connectivity index (χ2n) is 2.53. The maximum absolute atomic E-state index is 11.1. The third kappa shape index (κ3) is 5.50. The highest BCUT2D eigenvalue weighted by Gasteiger charge is 2.19. The molecule has 7 heteroatoms. The second kappa shape index (κ2) is 5.57. The van der Waals surface area contributed by atoms with E-state index in [4.69, 9.17) is 5.26 Å². The minimum Gasteiger partial charge on any atom is -0.465 e. The van der Waals surface area contributed by atoms with Crippen molar-refractivity contribution in [2.24, 2.45) is 0 Å². The maximum atomic E-state index is 11.1. The lowest BCUT2D eigenvalue weighted by atomic mass is 10.4. The fourth-order valence-corrected chi connectivity index (χ4v) is 1.76. The van der Waals surface area contributed by atoms with Crippen molar-refractivity contribution in [1.29, 1.82) is 5.26 Å². The zero-order valence-electron chi connectivity index (χ0n) is 7.98. The Morgan fingerprint density at radius 1 is 1.64 bits per heavy atom. The first-order valence-electron chi connectivity index (χ1n) is 3.96. The molecule has 0 aliphatic carbocycles. The van der Waals surface area contributed by atoms with Crippen LogP contribution in [0.15, 0.2) is 0 Å². The summed E-state index contributed by atoms with van der Waals surface area (Å²) in [4.78, 5) is 10.8. The van der Waals surface area contributed by atoms with E-state index in [1.165, 1.54) is 6.92 Å². The van der Waals surface area contributed by atoms with E-state index in [1.54, 1.807) is 13.0 Å². The van der Waals surface area contributed by atoms with Crippen LogP contribution < -0.4 is 4.72 Å². The minimum atomic E-state index is -3.76. The van der Waals surface area contributed by atoms with Gasteiger partial charge >= 0.3 is 5.97 Å². The van der Waals surface area contributed by atoms with Gasteiger partial charge in [0, 0.05) is 0 Å². The molecule has 0 aromatic heterocycles. The van der Waals surface area contributed by atoms with Crippen molar-refractivity contribution < 1.29 is 17.9 Å². The first kappa shape index (κ1) is 12.9. The standard InChI is InChI=1S/C7H12N2O4S/c1-3-13-7(10)5-14(11,12)9-6(2)4-8/h6,9H,3,5H2,1-2H3. The molecule has 0 saturated carbocycles. The Labute approximate surface area is 82.9 Å². The van der Waals surface area contributed by atoms with Crippen LogP contribution in [0.25, 0.3) is 0 Å². The lowest BCUT2D eigenvalue weighted by Gasteiger charge is -2.06. The number of nitriles is 1. The molecule has 0 spiro atoms. The van der Waals surface area contributed by atoms with E-state index in [0.717, 1.165) is 0 Å². The summed E-state index contributed by atoms with van der Waals surface area (Å²) in [7, 11) is -3.76. The largest absolute Gasteiger partial charge is 0.465 e. The van der Waals surface area contributed by atoms with Gasteiger partial charge in [-0.25, -0.2) is 8.42 Å². The van der Waals surface area contributed by atoms with Crippen LogP contribution in [0.2, 0.25) is 0 Å². The quantitative estimate of drug-likeness (QED) is 0.623. The number of hydrogen-bond acceptors (Lipinski definition) is 5. The van der Waals surface area contributed by atoms with E-state index in [0.29, 0.717) is 0 Å². The third-order valence-corrected chi connectivity index (χ3v) is 2.49. The van der Waals surface area contributed by atoms with E-state index >= 15 is 0 Å². The number of hydrogen-bond donors (Lipinski definition) is 1. The number of sulfonamides is 1. The van der Waals surface area contributed by atoms with Gasteiger partial charge in [-0.3, -0.25) is 4.79 Å². The van der Waals surface area contributed by atoms with Crippen LogP contribution in [0.4, 0.5) is 0 Å². The summed E-state index contributed by atoms with van der Waals surface area (Å²) < 4.78 is 28.7. The second-order valence-corrected chi connectivity index (χ2v) is 4.29. The first-order chi connectivity index (χ1) is 6.41. The molecule has 1 atom stereocenters. The molecule has 0 heterocycles. The van der Waals surface area contributed by atoms with Crippen LogP contribution in [0.3, 0.4) is 0 Å². The maximum Gasteiger partial charge on any atom is 0.322 e. The molecule has 0 radical (unpaired) electrons. The molecule has 0 amide bonds. The Kier molecular flexibility index (Phi) is 5.12. The van der Waals surface area contributed by atoms with Crippen LogP contribution in [-0.4, -0.2) is 32.8 Å². The van der Waals surface area contributed by atoms with E-state index < -0.39 is 27.8 Å². The number of carbonyl (C=O) groups excluding carboxylic acids is 1. The van der Waals surface area contributed by atoms with Gasteiger partial charge in [0.2, 0.25) is 10.0 Å². The van der Waals surface area contributed by atoms with E-state index in [1.807, 2.05) is 4.72 Å². The number of carbonyl (C=O) groups is 1. The molecule has 0 bridgehead atoms. The number of ether oxygens (including phenoxy) is 1. The lowest BCUT2D eigenvalue weighted by molar-refractivity contribution is -0.139. The van der Waals surface area contributed by atoms with Crippen molar-refractivity contribution in [2.75, 3.05) is 12.4 Å². The molecule has 1 unspecified atom stereocenters. The highest BCUT2D eigenvalue weighted by Crippen LogP contribution is 1.90. The monoisotopic (exact) mass is 220 g/mol. The SMILES string of the molecule is CCOC(=O)CS(=O)(=O)NC(C)C#N. The zero-order chi connectivity index (χ0) is 11.2. The third-order valence-electron chi connectivity index (χ3n) is 1.16. The lowest BCUT2D eigenvalue weighted by Crippen LogP contribution is -2.36. The normalized spacial score (nSPS) is 12.9. The average Bonchev–Trinajstić information content (AvgIpc) is 2.02. The van der Waals surface area contributed by atoms with Gasteiger partial charge in [0.25, 0.3) is 0 Å². The van der Waals surface area contributed by atoms with Crippen molar-refractivity contribution in [3.63, 3.8) is 0 Å². The minimum absolute atomic E-state index is 0.127. The van der Waals surface area contributed by atoms with Gasteiger partial charge in [-0.15, -0.1) is 0 Å². The fraction of sp³-hybridized carbons (Fsp3) is 0.714. The molecule has 0 rings (SSSR count). The van der Waals surface area contributed by atoms with Crippen LogP contribution in [0.5, 0.6) is 0 Å². The molecule has 80 valence electrons. The summed E-state index contributed by atoms with van der Waals surface area (Å²) in [5.74, 6) is -1.59.